The molecule has 3 amide bonds. The van der Waals surface area contributed by atoms with Crippen molar-refractivity contribution >= 4 is 11.9 Å². The molecule has 2 rings (SSSR count). The van der Waals surface area contributed by atoms with E-state index in [4.69, 9.17) is 5.11 Å². The third-order valence-electron chi connectivity index (χ3n) is 2.48. The minimum absolute atomic E-state index is 0.0105. The maximum atomic E-state index is 11.3. The molecule has 2 N–H and O–H groups in total. The minimum Gasteiger partial charge on any atom is -0.392 e. The van der Waals surface area contributed by atoms with Crippen LogP contribution >= 0.6 is 0 Å². The maximum absolute atomic E-state index is 11.3. The molecule has 1 aromatic carbocycles. The van der Waals surface area contributed by atoms with Crippen LogP contribution in [0, 0.1) is 0 Å². The Hall–Kier alpha value is -1.88. The monoisotopic (exact) mass is 220 g/mol. The fraction of sp³-hybridized carbons (Fsp3) is 0.273. The van der Waals surface area contributed by atoms with Crippen molar-refractivity contribution < 1.29 is 14.7 Å². The third-order valence-corrected chi connectivity index (χ3v) is 2.48. The van der Waals surface area contributed by atoms with Crippen molar-refractivity contribution in [3.8, 4) is 0 Å². The summed E-state index contributed by atoms with van der Waals surface area (Å²) in [4.78, 5) is 23.8. The van der Waals surface area contributed by atoms with Crippen molar-refractivity contribution in [1.29, 1.82) is 0 Å². The topological polar surface area (TPSA) is 69.6 Å². The molecule has 84 valence electrons. The van der Waals surface area contributed by atoms with E-state index in [0.717, 1.165) is 11.1 Å². The van der Waals surface area contributed by atoms with Crippen molar-refractivity contribution in [3.05, 3.63) is 35.4 Å². The molecule has 5 nitrogen and oxygen atoms in total. The van der Waals surface area contributed by atoms with Crippen molar-refractivity contribution in [3.63, 3.8) is 0 Å². The van der Waals surface area contributed by atoms with Crippen molar-refractivity contribution in [1.82, 2.24) is 10.2 Å². The number of urea groups is 1. The minimum atomic E-state index is -0.351. The standard InChI is InChI=1S/C11H12N2O3/c14-7-9-3-1-8(2-4-9)6-13-10(15)5-12-11(13)16/h1-4,14H,5-7H2,(H,12,16). The van der Waals surface area contributed by atoms with Gasteiger partial charge in [-0.05, 0) is 11.1 Å². The van der Waals surface area contributed by atoms with E-state index < -0.39 is 0 Å². The molecule has 1 saturated heterocycles. The van der Waals surface area contributed by atoms with Gasteiger partial charge in [-0.1, -0.05) is 24.3 Å². The molecular weight excluding hydrogens is 208 g/mol. The Morgan fingerprint density at radius 2 is 1.81 bits per heavy atom. The summed E-state index contributed by atoms with van der Waals surface area (Å²) in [6, 6.07) is 6.78. The summed E-state index contributed by atoms with van der Waals surface area (Å²) >= 11 is 0. The van der Waals surface area contributed by atoms with Gasteiger partial charge < -0.3 is 10.4 Å². The first-order valence-electron chi connectivity index (χ1n) is 4.97. The van der Waals surface area contributed by atoms with Crippen LogP contribution in [-0.2, 0) is 17.9 Å². The van der Waals surface area contributed by atoms with Crippen LogP contribution in [0.15, 0.2) is 24.3 Å². The molecule has 1 aliphatic rings. The van der Waals surface area contributed by atoms with Crippen LogP contribution in [0.5, 0.6) is 0 Å². The van der Waals surface area contributed by atoms with Gasteiger partial charge >= 0.3 is 6.03 Å². The van der Waals surface area contributed by atoms with Crippen LogP contribution in [0.25, 0.3) is 0 Å². The van der Waals surface area contributed by atoms with Gasteiger partial charge in [-0.2, -0.15) is 0 Å². The predicted molar refractivity (Wildman–Crippen MR) is 56.3 cm³/mol. The number of carbonyl (C=O) groups excluding carboxylic acids is 2. The number of imide groups is 1. The Morgan fingerprint density at radius 3 is 2.31 bits per heavy atom. The van der Waals surface area contributed by atoms with E-state index in [1.54, 1.807) is 24.3 Å². The fourth-order valence-electron chi connectivity index (χ4n) is 1.55. The summed E-state index contributed by atoms with van der Waals surface area (Å²) in [5, 5.41) is 11.3. The van der Waals surface area contributed by atoms with Crippen LogP contribution in [0.2, 0.25) is 0 Å². The zero-order valence-corrected chi connectivity index (χ0v) is 8.64. The van der Waals surface area contributed by atoms with Gasteiger partial charge in [-0.25, -0.2) is 4.79 Å². The lowest BCUT2D eigenvalue weighted by Gasteiger charge is -2.12. The van der Waals surface area contributed by atoms with E-state index in [0.29, 0.717) is 0 Å². The van der Waals surface area contributed by atoms with Gasteiger partial charge in [-0.3, -0.25) is 9.69 Å². The smallest absolute Gasteiger partial charge is 0.324 e. The lowest BCUT2D eigenvalue weighted by molar-refractivity contribution is -0.125. The third kappa shape index (κ3) is 2.04. The Morgan fingerprint density at radius 1 is 1.19 bits per heavy atom. The first kappa shape index (κ1) is 10.6. The molecule has 0 aromatic heterocycles. The second-order valence-corrected chi connectivity index (χ2v) is 3.61. The number of aliphatic hydroxyl groups excluding tert-OH is 1. The van der Waals surface area contributed by atoms with E-state index in [1.165, 1.54) is 4.90 Å². The zero-order chi connectivity index (χ0) is 11.5. The number of rotatable bonds is 3. The highest BCUT2D eigenvalue weighted by molar-refractivity contribution is 6.01. The number of aliphatic hydroxyl groups is 1. The summed E-state index contributed by atoms with van der Waals surface area (Å²) in [5.74, 6) is -0.212. The predicted octanol–water partition coefficient (Wildman–Crippen LogP) is 0.231. The van der Waals surface area contributed by atoms with E-state index >= 15 is 0 Å². The summed E-state index contributed by atoms with van der Waals surface area (Å²) in [7, 11) is 0. The highest BCUT2D eigenvalue weighted by atomic mass is 16.3. The van der Waals surface area contributed by atoms with Gasteiger partial charge in [0.25, 0.3) is 0 Å². The summed E-state index contributed by atoms with van der Waals surface area (Å²) in [6.45, 7) is 0.341. The van der Waals surface area contributed by atoms with E-state index in [-0.39, 0.29) is 31.6 Å². The van der Waals surface area contributed by atoms with E-state index in [9.17, 15) is 9.59 Å². The van der Waals surface area contributed by atoms with Crippen molar-refractivity contribution in [2.75, 3.05) is 6.54 Å². The van der Waals surface area contributed by atoms with E-state index in [1.807, 2.05) is 0 Å². The molecule has 16 heavy (non-hydrogen) atoms. The molecule has 0 radical (unpaired) electrons. The second kappa shape index (κ2) is 4.32. The summed E-state index contributed by atoms with van der Waals surface area (Å²) in [5.41, 5.74) is 1.67. The van der Waals surface area contributed by atoms with Crippen molar-refractivity contribution in [2.24, 2.45) is 0 Å². The largest absolute Gasteiger partial charge is 0.392 e. The summed E-state index contributed by atoms with van der Waals surface area (Å²) < 4.78 is 0. The van der Waals surface area contributed by atoms with Gasteiger partial charge in [0.2, 0.25) is 5.91 Å². The number of amides is 3. The molecule has 0 bridgehead atoms. The summed E-state index contributed by atoms with van der Waals surface area (Å²) in [6.07, 6.45) is 0. The molecule has 1 fully saturated rings. The Kier molecular flexibility index (Phi) is 2.87. The lowest BCUT2D eigenvalue weighted by atomic mass is 10.1. The number of nitrogens with zero attached hydrogens (tertiary/aromatic N) is 1. The van der Waals surface area contributed by atoms with Gasteiger partial charge in [0.05, 0.1) is 19.7 Å². The lowest BCUT2D eigenvalue weighted by Crippen LogP contribution is -2.30. The molecular formula is C11H12N2O3. The number of carbonyl (C=O) groups is 2. The molecule has 0 saturated carbocycles. The Balaban J connectivity index is 2.08. The zero-order valence-electron chi connectivity index (χ0n) is 8.64. The average molecular weight is 220 g/mol. The van der Waals surface area contributed by atoms with Crippen LogP contribution < -0.4 is 5.32 Å². The number of benzene rings is 1. The van der Waals surface area contributed by atoms with Crippen LogP contribution in [-0.4, -0.2) is 28.5 Å². The molecule has 1 aliphatic heterocycles. The number of hydrogen-bond donors (Lipinski definition) is 2. The molecule has 0 spiro atoms. The van der Waals surface area contributed by atoms with Crippen LogP contribution in [0.1, 0.15) is 11.1 Å². The second-order valence-electron chi connectivity index (χ2n) is 3.61. The molecule has 0 unspecified atom stereocenters. The maximum Gasteiger partial charge on any atom is 0.324 e. The van der Waals surface area contributed by atoms with Gasteiger partial charge in [0.1, 0.15) is 0 Å². The normalized spacial score (nSPS) is 15.4. The van der Waals surface area contributed by atoms with E-state index in [2.05, 4.69) is 5.32 Å². The number of nitrogens with one attached hydrogen (secondary N) is 1. The SMILES string of the molecule is O=C1CNC(=O)N1Cc1ccc(CO)cc1. The highest BCUT2D eigenvalue weighted by Crippen LogP contribution is 2.10. The van der Waals surface area contributed by atoms with Crippen LogP contribution in [0.4, 0.5) is 4.79 Å². The molecule has 1 heterocycles. The quantitative estimate of drug-likeness (QED) is 0.716. The molecule has 0 aliphatic carbocycles. The number of hydrogen-bond acceptors (Lipinski definition) is 3. The molecule has 0 atom stereocenters. The van der Waals surface area contributed by atoms with Gasteiger partial charge in [0.15, 0.2) is 0 Å². The highest BCUT2D eigenvalue weighted by Gasteiger charge is 2.28. The van der Waals surface area contributed by atoms with Crippen molar-refractivity contribution in [2.45, 2.75) is 13.2 Å². The average Bonchev–Trinajstić information content (AvgIpc) is 2.62. The fourth-order valence-corrected chi connectivity index (χ4v) is 1.55. The van der Waals surface area contributed by atoms with Gasteiger partial charge in [-0.15, -0.1) is 0 Å². The Labute approximate surface area is 92.7 Å². The van der Waals surface area contributed by atoms with Gasteiger partial charge in [0, 0.05) is 0 Å². The van der Waals surface area contributed by atoms with Crippen LogP contribution in [0.3, 0.4) is 0 Å². The first-order chi connectivity index (χ1) is 7.70. The molecule has 1 aromatic rings. The first-order valence-corrected chi connectivity index (χ1v) is 4.97. The Bertz CT molecular complexity index is 398. The molecule has 5 heteroatoms.